The average molecular weight is 257 g/mol. The molecule has 0 saturated carbocycles. The van der Waals surface area contributed by atoms with Gasteiger partial charge in [-0.1, -0.05) is 12.1 Å². The van der Waals surface area contributed by atoms with Crippen molar-refractivity contribution in [3.05, 3.63) is 35.6 Å². The zero-order valence-corrected chi connectivity index (χ0v) is 10.3. The van der Waals surface area contributed by atoms with Crippen molar-refractivity contribution in [2.45, 2.75) is 18.3 Å². The molecule has 2 rings (SSSR count). The summed E-state index contributed by atoms with van der Waals surface area (Å²) < 4.78 is 36.4. The second-order valence-electron chi connectivity index (χ2n) is 4.69. The molecule has 1 atom stereocenters. The number of rotatable bonds is 2. The van der Waals surface area contributed by atoms with Gasteiger partial charge in [-0.3, -0.25) is 0 Å². The highest BCUT2D eigenvalue weighted by molar-refractivity contribution is 7.91. The van der Waals surface area contributed by atoms with E-state index in [1.54, 1.807) is 12.1 Å². The molecule has 1 aliphatic rings. The molecule has 1 unspecified atom stereocenters. The first kappa shape index (κ1) is 12.5. The molecule has 0 aliphatic carbocycles. The minimum atomic E-state index is -3.03. The molecule has 1 aromatic rings. The number of halogens is 1. The molecule has 0 aromatic heterocycles. The van der Waals surface area contributed by atoms with E-state index in [1.807, 2.05) is 0 Å². The van der Waals surface area contributed by atoms with Gasteiger partial charge in [-0.25, -0.2) is 12.8 Å². The number of hydrogen-bond acceptors (Lipinski definition) is 3. The Kier molecular flexibility index (Phi) is 3.23. The summed E-state index contributed by atoms with van der Waals surface area (Å²) in [4.78, 5) is 0. The first-order chi connectivity index (χ1) is 7.97. The predicted octanol–water partition coefficient (Wildman–Crippen LogP) is 1.23. The molecule has 5 heteroatoms. The lowest BCUT2D eigenvalue weighted by molar-refractivity contribution is 0.417. The van der Waals surface area contributed by atoms with E-state index in [0.717, 1.165) is 12.0 Å². The Bertz CT molecular complexity index is 498. The lowest BCUT2D eigenvalue weighted by Crippen LogP contribution is -2.45. The summed E-state index contributed by atoms with van der Waals surface area (Å²) in [5.74, 6) is -0.0162. The van der Waals surface area contributed by atoms with Crippen LogP contribution in [0.3, 0.4) is 0 Å². The third-order valence-electron chi connectivity index (χ3n) is 3.45. The summed E-state index contributed by atoms with van der Waals surface area (Å²) >= 11 is 0. The van der Waals surface area contributed by atoms with Gasteiger partial charge in [-0.2, -0.15) is 0 Å². The molecule has 2 N–H and O–H groups in total. The van der Waals surface area contributed by atoms with Gasteiger partial charge in [0.15, 0.2) is 9.84 Å². The van der Waals surface area contributed by atoms with Crippen molar-refractivity contribution >= 4 is 9.84 Å². The molecule has 0 spiro atoms. The molecule has 3 nitrogen and oxygen atoms in total. The average Bonchev–Trinajstić information content (AvgIpc) is 2.28. The maximum atomic E-state index is 12.9. The lowest BCUT2D eigenvalue weighted by Gasteiger charge is -2.36. The first-order valence-electron chi connectivity index (χ1n) is 5.64. The number of sulfone groups is 1. The largest absolute Gasteiger partial charge is 0.330 e. The molecule has 1 heterocycles. The second kappa shape index (κ2) is 4.38. The monoisotopic (exact) mass is 257 g/mol. The van der Waals surface area contributed by atoms with Crippen LogP contribution in [0.25, 0.3) is 0 Å². The van der Waals surface area contributed by atoms with Crippen molar-refractivity contribution in [1.82, 2.24) is 0 Å². The van der Waals surface area contributed by atoms with Crippen LogP contribution in [0.5, 0.6) is 0 Å². The number of benzene rings is 1. The highest BCUT2D eigenvalue weighted by atomic mass is 32.2. The van der Waals surface area contributed by atoms with E-state index in [0.29, 0.717) is 6.42 Å². The molecule has 0 amide bonds. The third kappa shape index (κ3) is 2.50. The summed E-state index contributed by atoms with van der Waals surface area (Å²) in [5, 5.41) is 0. The molecular weight excluding hydrogens is 241 g/mol. The van der Waals surface area contributed by atoms with Gasteiger partial charge in [0.05, 0.1) is 11.5 Å². The Morgan fingerprint density at radius 1 is 1.29 bits per heavy atom. The van der Waals surface area contributed by atoms with Gasteiger partial charge >= 0.3 is 0 Å². The van der Waals surface area contributed by atoms with Gasteiger partial charge < -0.3 is 5.73 Å². The first-order valence-corrected chi connectivity index (χ1v) is 7.46. The minimum absolute atomic E-state index is 0.0716. The molecule has 0 radical (unpaired) electrons. The summed E-state index contributed by atoms with van der Waals surface area (Å²) in [6, 6.07) is 5.99. The van der Waals surface area contributed by atoms with Crippen molar-refractivity contribution in [3.8, 4) is 0 Å². The summed E-state index contributed by atoms with van der Waals surface area (Å²) in [5.41, 5.74) is 6.06. The fourth-order valence-corrected chi connectivity index (χ4v) is 4.50. The lowest BCUT2D eigenvalue weighted by atomic mass is 9.78. The van der Waals surface area contributed by atoms with E-state index < -0.39 is 15.3 Å². The van der Waals surface area contributed by atoms with Gasteiger partial charge in [-0.15, -0.1) is 0 Å². The standard InChI is InChI=1S/C12H16FNO2S/c13-11-4-2-10(3-5-11)12(8-14)6-1-7-17(15,16)9-12/h2-5H,1,6-9,14H2. The van der Waals surface area contributed by atoms with Crippen LogP contribution in [0.2, 0.25) is 0 Å². The van der Waals surface area contributed by atoms with E-state index in [-0.39, 0.29) is 23.9 Å². The van der Waals surface area contributed by atoms with Crippen LogP contribution in [0, 0.1) is 5.82 Å². The molecule has 1 fully saturated rings. The van der Waals surface area contributed by atoms with E-state index >= 15 is 0 Å². The Morgan fingerprint density at radius 2 is 1.94 bits per heavy atom. The van der Waals surface area contributed by atoms with Crippen molar-refractivity contribution < 1.29 is 12.8 Å². The van der Waals surface area contributed by atoms with Crippen molar-refractivity contribution in [1.29, 1.82) is 0 Å². The van der Waals surface area contributed by atoms with Gasteiger partial charge in [0.2, 0.25) is 0 Å². The molecule has 1 aromatic carbocycles. The summed E-state index contributed by atoms with van der Waals surface area (Å²) in [7, 11) is -3.03. The van der Waals surface area contributed by atoms with Crippen LogP contribution in [0.4, 0.5) is 4.39 Å². The number of hydrogen-bond donors (Lipinski definition) is 1. The van der Waals surface area contributed by atoms with Crippen molar-refractivity contribution in [2.75, 3.05) is 18.1 Å². The van der Waals surface area contributed by atoms with Crippen molar-refractivity contribution in [3.63, 3.8) is 0 Å². The van der Waals surface area contributed by atoms with Crippen LogP contribution in [-0.4, -0.2) is 26.5 Å². The van der Waals surface area contributed by atoms with Crippen LogP contribution < -0.4 is 5.73 Å². The quantitative estimate of drug-likeness (QED) is 0.867. The van der Waals surface area contributed by atoms with Crippen LogP contribution in [0.15, 0.2) is 24.3 Å². The molecule has 1 saturated heterocycles. The van der Waals surface area contributed by atoms with Crippen LogP contribution in [0.1, 0.15) is 18.4 Å². The fraction of sp³-hybridized carbons (Fsp3) is 0.500. The summed E-state index contributed by atoms with van der Waals surface area (Å²) in [6.45, 7) is 0.276. The highest BCUT2D eigenvalue weighted by Gasteiger charge is 2.39. The van der Waals surface area contributed by atoms with Gasteiger partial charge in [0, 0.05) is 12.0 Å². The number of nitrogens with two attached hydrogens (primary N) is 1. The van der Waals surface area contributed by atoms with E-state index in [1.165, 1.54) is 12.1 Å². The predicted molar refractivity (Wildman–Crippen MR) is 65.0 cm³/mol. The van der Waals surface area contributed by atoms with E-state index in [4.69, 9.17) is 5.73 Å². The smallest absolute Gasteiger partial charge is 0.151 e. The Balaban J connectivity index is 2.40. The van der Waals surface area contributed by atoms with Gasteiger partial charge in [0.25, 0.3) is 0 Å². The maximum absolute atomic E-state index is 12.9. The topological polar surface area (TPSA) is 60.2 Å². The minimum Gasteiger partial charge on any atom is -0.330 e. The Morgan fingerprint density at radius 3 is 2.47 bits per heavy atom. The van der Waals surface area contributed by atoms with E-state index in [2.05, 4.69) is 0 Å². The van der Waals surface area contributed by atoms with E-state index in [9.17, 15) is 12.8 Å². The Hall–Kier alpha value is -0.940. The van der Waals surface area contributed by atoms with Gasteiger partial charge in [-0.05, 0) is 30.5 Å². The zero-order valence-electron chi connectivity index (χ0n) is 9.52. The third-order valence-corrected chi connectivity index (χ3v) is 5.36. The van der Waals surface area contributed by atoms with Crippen LogP contribution in [-0.2, 0) is 15.3 Å². The Labute approximate surface area is 101 Å². The molecular formula is C12H16FNO2S. The molecule has 94 valence electrons. The fourth-order valence-electron chi connectivity index (χ4n) is 2.51. The summed E-state index contributed by atoms with van der Waals surface area (Å²) in [6.07, 6.45) is 1.37. The SMILES string of the molecule is NCC1(c2ccc(F)cc2)CCCS(=O)(=O)C1. The zero-order chi connectivity index (χ0) is 12.5. The van der Waals surface area contributed by atoms with Gasteiger partial charge in [0.1, 0.15) is 5.82 Å². The molecule has 1 aliphatic heterocycles. The second-order valence-corrected chi connectivity index (χ2v) is 6.87. The maximum Gasteiger partial charge on any atom is 0.151 e. The normalized spacial score (nSPS) is 27.9. The van der Waals surface area contributed by atoms with Crippen LogP contribution >= 0.6 is 0 Å². The molecule has 0 bridgehead atoms. The molecule has 17 heavy (non-hydrogen) atoms. The highest BCUT2D eigenvalue weighted by Crippen LogP contribution is 2.34. The van der Waals surface area contributed by atoms with Crippen molar-refractivity contribution in [2.24, 2.45) is 5.73 Å².